The average Bonchev–Trinajstić information content (AvgIpc) is 3.92. The smallest absolute Gasteiger partial charge is 0.329 e. The quantitative estimate of drug-likeness (QED) is 0.197. The molecule has 2 fully saturated rings. The number of carbonyl (C=O) groups excluding carboxylic acids is 3. The molecule has 2 saturated heterocycles. The predicted octanol–water partition coefficient (Wildman–Crippen LogP) is 5.32. The van der Waals surface area contributed by atoms with Crippen LogP contribution in [0.5, 0.6) is 0 Å². The number of hydrogen-bond acceptors (Lipinski definition) is 11. The normalized spacial score (nSPS) is 16.0. The van der Waals surface area contributed by atoms with Crippen LogP contribution in [0, 0.1) is 6.92 Å². The van der Waals surface area contributed by atoms with E-state index in [1.54, 1.807) is 6.33 Å². The van der Waals surface area contributed by atoms with Gasteiger partial charge in [-0.05, 0) is 91.7 Å². The molecule has 2 aromatic carbocycles. The molecule has 15 nitrogen and oxygen atoms in total. The first-order valence-corrected chi connectivity index (χ1v) is 18.3. The molecule has 0 spiro atoms. The van der Waals surface area contributed by atoms with Crippen LogP contribution in [-0.2, 0) is 23.2 Å². The second-order valence-corrected chi connectivity index (χ2v) is 15.2. The fourth-order valence-corrected chi connectivity index (χ4v) is 7.19. The van der Waals surface area contributed by atoms with Crippen molar-refractivity contribution >= 4 is 40.1 Å². The van der Waals surface area contributed by atoms with Gasteiger partial charge in [-0.3, -0.25) is 19.8 Å². The van der Waals surface area contributed by atoms with E-state index in [4.69, 9.17) is 9.05 Å². The maximum Gasteiger partial charge on any atom is 0.329 e. The van der Waals surface area contributed by atoms with Crippen molar-refractivity contribution in [2.75, 3.05) is 31.1 Å². The van der Waals surface area contributed by atoms with Gasteiger partial charge in [-0.25, -0.2) is 14.3 Å². The minimum atomic E-state index is -0.474. The van der Waals surface area contributed by atoms with E-state index in [0.29, 0.717) is 29.8 Å². The van der Waals surface area contributed by atoms with Gasteiger partial charge in [0.2, 0.25) is 11.8 Å². The van der Waals surface area contributed by atoms with Gasteiger partial charge in [0.15, 0.2) is 11.4 Å². The highest BCUT2D eigenvalue weighted by atomic mass is 16.5. The molecule has 0 unspecified atom stereocenters. The summed E-state index contributed by atoms with van der Waals surface area (Å²) in [5.41, 5.74) is 7.49. The van der Waals surface area contributed by atoms with Crippen LogP contribution >= 0.6 is 0 Å². The van der Waals surface area contributed by atoms with Crippen molar-refractivity contribution < 1.29 is 23.4 Å². The summed E-state index contributed by atoms with van der Waals surface area (Å²) >= 11 is 0. The number of aryl methyl sites for hydroxylation is 1. The number of carbonyl (C=O) groups is 3. The van der Waals surface area contributed by atoms with Crippen LogP contribution in [0.25, 0.3) is 27.7 Å². The van der Waals surface area contributed by atoms with Crippen LogP contribution in [0.15, 0.2) is 64.0 Å². The van der Waals surface area contributed by atoms with E-state index in [0.717, 1.165) is 72.2 Å². The minimum Gasteiger partial charge on any atom is -0.354 e. The van der Waals surface area contributed by atoms with Crippen molar-refractivity contribution in [3.8, 4) is 11.3 Å². The molecule has 0 radical (unpaired) electrons. The second kappa shape index (κ2) is 14.1. The number of aromatic nitrogens is 6. The average molecular weight is 731 g/mol. The summed E-state index contributed by atoms with van der Waals surface area (Å²) in [5.74, 6) is 0.626. The molecule has 4 aromatic heterocycles. The van der Waals surface area contributed by atoms with E-state index in [9.17, 15) is 14.4 Å². The first kappa shape index (κ1) is 35.1. The van der Waals surface area contributed by atoms with Crippen LogP contribution in [0.1, 0.15) is 84.7 Å². The van der Waals surface area contributed by atoms with Crippen LogP contribution in [-0.4, -0.2) is 78.8 Å². The molecule has 6 aromatic rings. The number of imide groups is 1. The third kappa shape index (κ3) is 7.06. The number of nitrogens with one attached hydrogen (secondary N) is 2. The zero-order valence-corrected chi connectivity index (χ0v) is 30.8. The van der Waals surface area contributed by atoms with Crippen molar-refractivity contribution in [3.05, 3.63) is 89.0 Å². The maximum absolute atomic E-state index is 12.7. The molecule has 278 valence electrons. The Labute approximate surface area is 311 Å². The molecule has 54 heavy (non-hydrogen) atoms. The third-order valence-corrected chi connectivity index (χ3v) is 10.4. The molecular formula is C39H42N10O5. The number of urea groups is 1. The van der Waals surface area contributed by atoms with Crippen LogP contribution in [0.4, 0.5) is 10.6 Å². The number of amides is 4. The zero-order chi connectivity index (χ0) is 37.6. The van der Waals surface area contributed by atoms with Gasteiger partial charge < -0.3 is 19.3 Å². The number of fused-ring (bicyclic) bond motifs is 2. The number of piperidine rings is 1. The van der Waals surface area contributed by atoms with Gasteiger partial charge in [0.1, 0.15) is 6.33 Å². The van der Waals surface area contributed by atoms with Gasteiger partial charge in [0.05, 0.1) is 16.6 Å². The molecule has 6 heterocycles. The Morgan fingerprint density at radius 1 is 1.02 bits per heavy atom. The summed E-state index contributed by atoms with van der Waals surface area (Å²) in [6.07, 6.45) is 6.86. The molecule has 0 bridgehead atoms. The Kier molecular flexibility index (Phi) is 9.17. The summed E-state index contributed by atoms with van der Waals surface area (Å²) in [4.78, 5) is 49.5. The van der Waals surface area contributed by atoms with E-state index >= 15 is 0 Å². The predicted molar refractivity (Wildman–Crippen MR) is 199 cm³/mol. The summed E-state index contributed by atoms with van der Waals surface area (Å²) in [6.45, 7) is 11.4. The molecule has 0 aliphatic carbocycles. The largest absolute Gasteiger partial charge is 0.354 e. The molecule has 0 atom stereocenters. The third-order valence-electron chi connectivity index (χ3n) is 10.4. The Balaban J connectivity index is 0.866. The number of likely N-dealkylation sites (tertiary alicyclic amines) is 1. The van der Waals surface area contributed by atoms with Gasteiger partial charge in [-0.15, -0.1) is 0 Å². The molecule has 2 aliphatic heterocycles. The van der Waals surface area contributed by atoms with Crippen molar-refractivity contribution in [2.45, 2.75) is 71.3 Å². The highest BCUT2D eigenvalue weighted by Gasteiger charge is 2.29. The van der Waals surface area contributed by atoms with E-state index in [2.05, 4.69) is 65.3 Å². The molecular weight excluding hydrogens is 688 g/mol. The Morgan fingerprint density at radius 3 is 2.61 bits per heavy atom. The number of anilines is 1. The highest BCUT2D eigenvalue weighted by molar-refractivity contribution is 6.08. The monoisotopic (exact) mass is 730 g/mol. The fourth-order valence-electron chi connectivity index (χ4n) is 7.19. The Morgan fingerprint density at radius 2 is 1.85 bits per heavy atom. The molecule has 0 saturated carbocycles. The van der Waals surface area contributed by atoms with E-state index in [-0.39, 0.29) is 36.0 Å². The van der Waals surface area contributed by atoms with Crippen molar-refractivity contribution in [2.24, 2.45) is 0 Å². The second-order valence-electron chi connectivity index (χ2n) is 15.2. The Bertz CT molecular complexity index is 2380. The van der Waals surface area contributed by atoms with Crippen molar-refractivity contribution in [1.29, 1.82) is 0 Å². The van der Waals surface area contributed by atoms with E-state index in [1.165, 1.54) is 16.0 Å². The maximum atomic E-state index is 12.7. The van der Waals surface area contributed by atoms with Crippen LogP contribution in [0.3, 0.4) is 0 Å². The Hall–Kier alpha value is -5.96. The van der Waals surface area contributed by atoms with E-state index in [1.807, 2.05) is 56.5 Å². The number of benzene rings is 2. The summed E-state index contributed by atoms with van der Waals surface area (Å²) < 4.78 is 12.8. The SMILES string of the molecule is Cc1cc(-c2ncnn3cc(CCN4CCC(c5ccc6c(N7CCC(=O)NC7=O)noc6c5)CC4)cc23)ccc1CNC(=O)c1noc(C(C)(C)C)n1. The van der Waals surface area contributed by atoms with E-state index < -0.39 is 6.03 Å². The van der Waals surface area contributed by atoms with Crippen molar-refractivity contribution in [3.63, 3.8) is 0 Å². The molecule has 8 rings (SSSR count). The lowest BCUT2D eigenvalue weighted by Crippen LogP contribution is -2.49. The highest BCUT2D eigenvalue weighted by Crippen LogP contribution is 2.34. The summed E-state index contributed by atoms with van der Waals surface area (Å²) in [5, 5.41) is 18.5. The summed E-state index contributed by atoms with van der Waals surface area (Å²) in [6, 6.07) is 13.9. The first-order valence-electron chi connectivity index (χ1n) is 18.3. The molecule has 4 amide bonds. The van der Waals surface area contributed by atoms with Crippen LogP contribution < -0.4 is 15.5 Å². The number of nitrogens with zero attached hydrogens (tertiary/aromatic N) is 8. The van der Waals surface area contributed by atoms with Gasteiger partial charge in [-0.1, -0.05) is 49.3 Å². The molecule has 15 heteroatoms. The lowest BCUT2D eigenvalue weighted by molar-refractivity contribution is -0.120. The van der Waals surface area contributed by atoms with Crippen LogP contribution in [0.2, 0.25) is 0 Å². The molecule has 2 aliphatic rings. The first-order chi connectivity index (χ1) is 26.0. The summed E-state index contributed by atoms with van der Waals surface area (Å²) in [7, 11) is 0. The van der Waals surface area contributed by atoms with Gasteiger partial charge in [0.25, 0.3) is 11.7 Å². The minimum absolute atomic E-state index is 0.0238. The lowest BCUT2D eigenvalue weighted by atomic mass is 9.89. The zero-order valence-electron chi connectivity index (χ0n) is 30.8. The lowest BCUT2D eigenvalue weighted by Gasteiger charge is -2.32. The topological polar surface area (TPSA) is 177 Å². The standard InChI is InChI=1S/C39H42N10O5/c1-23-17-27(5-6-28(23)20-40-36(51)34-44-37(54-45-34)39(2,3)4)33-30-18-24(21-49(30)42-22-41-33)9-13-47-14-10-25(11-15-47)26-7-8-29-31(19-26)53-46-35(29)48-16-12-32(50)43-38(48)52/h5-8,17-19,21-22,25H,9-16,20H2,1-4H3,(H,40,51)(H,43,50,52). The van der Waals surface area contributed by atoms with Crippen molar-refractivity contribution in [1.82, 2.24) is 45.4 Å². The fraction of sp³-hybridized carbons (Fsp3) is 0.385. The molecule has 2 N–H and O–H groups in total. The van der Waals surface area contributed by atoms with Gasteiger partial charge in [-0.2, -0.15) is 10.1 Å². The van der Waals surface area contributed by atoms with Gasteiger partial charge >= 0.3 is 6.03 Å². The number of hydrogen-bond donors (Lipinski definition) is 2. The number of rotatable bonds is 9. The van der Waals surface area contributed by atoms with Gasteiger partial charge in [0, 0.05) is 43.2 Å².